The number of amidine groups is 1. The molecule has 4 nitrogen and oxygen atoms in total. The predicted octanol–water partition coefficient (Wildman–Crippen LogP) is 4.81. The Morgan fingerprint density at radius 2 is 1.92 bits per heavy atom. The van der Waals surface area contributed by atoms with E-state index in [0.717, 1.165) is 11.1 Å². The Bertz CT molecular complexity index is 870. The van der Waals surface area contributed by atoms with Crippen molar-refractivity contribution >= 4 is 63.9 Å². The quantitative estimate of drug-likeness (QED) is 0.578. The number of amides is 1. The van der Waals surface area contributed by atoms with Gasteiger partial charge in [-0.15, -0.1) is 5.10 Å². The van der Waals surface area contributed by atoms with Gasteiger partial charge in [-0.2, -0.15) is 5.10 Å². The van der Waals surface area contributed by atoms with Crippen molar-refractivity contribution < 1.29 is 4.79 Å². The Morgan fingerprint density at radius 1 is 1.12 bits per heavy atom. The fourth-order valence-corrected chi connectivity index (χ4v) is 3.74. The lowest BCUT2D eigenvalue weighted by Gasteiger charge is -2.07. The molecular weight excluding hydrogens is 401 g/mol. The van der Waals surface area contributed by atoms with E-state index in [9.17, 15) is 4.79 Å². The van der Waals surface area contributed by atoms with E-state index in [-0.39, 0.29) is 11.2 Å². The first-order chi connectivity index (χ1) is 12.0. The largest absolute Gasteiger partial charge is 0.303 e. The number of hydrogen-bond donors (Lipinski definition) is 1. The van der Waals surface area contributed by atoms with Crippen molar-refractivity contribution in [3.8, 4) is 0 Å². The van der Waals surface area contributed by atoms with Gasteiger partial charge in [0.2, 0.25) is 5.91 Å². The number of carbonyl (C=O) groups is 1. The smallest absolute Gasteiger partial charge is 0.239 e. The number of hydrogen-bond acceptors (Lipinski definition) is 4. The van der Waals surface area contributed by atoms with E-state index in [1.807, 2.05) is 18.2 Å². The van der Waals surface area contributed by atoms with Crippen molar-refractivity contribution in [2.24, 2.45) is 10.2 Å². The first kappa shape index (κ1) is 18.3. The lowest BCUT2D eigenvalue weighted by molar-refractivity contribution is -0.118. The zero-order valence-electron chi connectivity index (χ0n) is 12.7. The van der Waals surface area contributed by atoms with Gasteiger partial charge in [-0.05, 0) is 36.2 Å². The van der Waals surface area contributed by atoms with Crippen LogP contribution in [-0.4, -0.2) is 22.5 Å². The fraction of sp³-hybridized carbons (Fsp3) is 0.118. The van der Waals surface area contributed by atoms with Crippen LogP contribution in [0.15, 0.2) is 52.7 Å². The molecule has 1 aliphatic heterocycles. The van der Waals surface area contributed by atoms with Gasteiger partial charge in [-0.3, -0.25) is 4.79 Å². The number of halogens is 3. The average molecular weight is 413 g/mol. The first-order valence-corrected chi connectivity index (χ1v) is 9.31. The van der Waals surface area contributed by atoms with Crippen molar-refractivity contribution in [1.29, 1.82) is 0 Å². The van der Waals surface area contributed by atoms with E-state index in [4.69, 9.17) is 34.8 Å². The molecule has 0 spiro atoms. The second-order valence-electron chi connectivity index (χ2n) is 5.21. The van der Waals surface area contributed by atoms with Crippen LogP contribution in [0.4, 0.5) is 0 Å². The van der Waals surface area contributed by atoms with Crippen molar-refractivity contribution in [2.75, 3.05) is 0 Å². The maximum Gasteiger partial charge on any atom is 0.239 e. The van der Waals surface area contributed by atoms with E-state index < -0.39 is 0 Å². The van der Waals surface area contributed by atoms with Crippen LogP contribution < -0.4 is 5.32 Å². The lowest BCUT2D eigenvalue weighted by atomic mass is 10.1. The molecule has 0 saturated carbocycles. The van der Waals surface area contributed by atoms with E-state index in [1.54, 1.807) is 30.5 Å². The van der Waals surface area contributed by atoms with E-state index in [2.05, 4.69) is 15.5 Å². The van der Waals surface area contributed by atoms with Gasteiger partial charge in [0, 0.05) is 20.6 Å². The Hall–Kier alpha value is -1.53. The lowest BCUT2D eigenvalue weighted by Crippen LogP contribution is -2.26. The second kappa shape index (κ2) is 8.23. The monoisotopic (exact) mass is 411 g/mol. The number of rotatable bonds is 4. The Balaban J connectivity index is 1.68. The highest BCUT2D eigenvalue weighted by Crippen LogP contribution is 2.28. The van der Waals surface area contributed by atoms with Crippen LogP contribution >= 0.6 is 46.6 Å². The van der Waals surface area contributed by atoms with Gasteiger partial charge in [0.25, 0.3) is 0 Å². The van der Waals surface area contributed by atoms with Crippen LogP contribution in [0.5, 0.6) is 0 Å². The number of benzene rings is 2. The molecule has 128 valence electrons. The van der Waals surface area contributed by atoms with Crippen LogP contribution in [0.2, 0.25) is 15.1 Å². The molecule has 1 fully saturated rings. The zero-order valence-corrected chi connectivity index (χ0v) is 15.8. The Kier molecular flexibility index (Phi) is 6.02. The van der Waals surface area contributed by atoms with Gasteiger partial charge in [-0.1, -0.05) is 64.8 Å². The van der Waals surface area contributed by atoms with Gasteiger partial charge in [0.1, 0.15) is 0 Å². The summed E-state index contributed by atoms with van der Waals surface area (Å²) in [6, 6.07) is 12.5. The van der Waals surface area contributed by atoms with Gasteiger partial charge in [-0.25, -0.2) is 0 Å². The van der Waals surface area contributed by atoms with Crippen molar-refractivity contribution in [1.82, 2.24) is 5.32 Å². The molecular formula is C17H12Cl3N3OS. The molecule has 1 heterocycles. The molecule has 1 amide bonds. The first-order valence-electron chi connectivity index (χ1n) is 7.30. The number of nitrogens with zero attached hydrogens (tertiary/aromatic N) is 2. The Labute approximate surface area is 164 Å². The molecule has 3 rings (SSSR count). The molecule has 0 aromatic heterocycles. The maximum atomic E-state index is 12.1. The number of carbonyl (C=O) groups excluding carboxylic acids is 1. The van der Waals surface area contributed by atoms with Gasteiger partial charge < -0.3 is 5.32 Å². The highest BCUT2D eigenvalue weighted by Gasteiger charge is 2.31. The van der Waals surface area contributed by atoms with Crippen LogP contribution in [0.3, 0.4) is 0 Å². The van der Waals surface area contributed by atoms with Crippen LogP contribution in [-0.2, 0) is 11.2 Å². The molecule has 2 aromatic carbocycles. The summed E-state index contributed by atoms with van der Waals surface area (Å²) < 4.78 is 0. The Morgan fingerprint density at radius 3 is 2.72 bits per heavy atom. The van der Waals surface area contributed by atoms with Crippen molar-refractivity contribution in [3.63, 3.8) is 0 Å². The van der Waals surface area contributed by atoms with E-state index in [1.165, 1.54) is 11.8 Å². The van der Waals surface area contributed by atoms with E-state index in [0.29, 0.717) is 26.7 Å². The zero-order chi connectivity index (χ0) is 17.8. The molecule has 25 heavy (non-hydrogen) atoms. The van der Waals surface area contributed by atoms with Crippen LogP contribution in [0, 0.1) is 0 Å². The molecule has 1 N–H and O–H groups in total. The summed E-state index contributed by atoms with van der Waals surface area (Å²) in [5, 5.41) is 12.6. The summed E-state index contributed by atoms with van der Waals surface area (Å²) in [6.45, 7) is 0. The fourth-order valence-electron chi connectivity index (χ4n) is 2.21. The second-order valence-corrected chi connectivity index (χ2v) is 7.65. The predicted molar refractivity (Wildman–Crippen MR) is 106 cm³/mol. The van der Waals surface area contributed by atoms with Crippen LogP contribution in [0.1, 0.15) is 11.1 Å². The summed E-state index contributed by atoms with van der Waals surface area (Å²) in [7, 11) is 0. The average Bonchev–Trinajstić information content (AvgIpc) is 2.92. The standard InChI is InChI=1S/C17H12Cl3N3OS/c18-12-5-6-14(20)11(7-12)8-15-16(24)22-17(25-15)23-21-9-10-3-1-2-4-13(10)19/h1-7,9,15H,8H2,(H,22,23,24)/b21-9-/t15-/m0/s1. The highest BCUT2D eigenvalue weighted by molar-refractivity contribution is 8.15. The van der Waals surface area contributed by atoms with Crippen LogP contribution in [0.25, 0.3) is 0 Å². The molecule has 0 bridgehead atoms. The van der Waals surface area contributed by atoms with Gasteiger partial charge >= 0.3 is 0 Å². The minimum Gasteiger partial charge on any atom is -0.303 e. The van der Waals surface area contributed by atoms with Crippen molar-refractivity contribution in [3.05, 3.63) is 68.7 Å². The summed E-state index contributed by atoms with van der Waals surface area (Å²) in [6.07, 6.45) is 2.01. The highest BCUT2D eigenvalue weighted by atomic mass is 35.5. The molecule has 0 unspecified atom stereocenters. The molecule has 8 heteroatoms. The molecule has 1 aliphatic rings. The summed E-state index contributed by atoms with van der Waals surface area (Å²) in [5.74, 6) is -0.132. The minimum absolute atomic E-state index is 0.132. The molecule has 2 aromatic rings. The topological polar surface area (TPSA) is 53.8 Å². The third kappa shape index (κ3) is 4.76. The summed E-state index contributed by atoms with van der Waals surface area (Å²) in [4.78, 5) is 12.1. The third-order valence-electron chi connectivity index (χ3n) is 3.44. The van der Waals surface area contributed by atoms with Gasteiger partial charge in [0.15, 0.2) is 5.17 Å². The third-order valence-corrected chi connectivity index (χ3v) is 5.46. The summed E-state index contributed by atoms with van der Waals surface area (Å²) >= 11 is 19.5. The molecule has 1 saturated heterocycles. The molecule has 1 atom stereocenters. The molecule has 0 radical (unpaired) electrons. The van der Waals surface area contributed by atoms with E-state index >= 15 is 0 Å². The number of nitrogens with one attached hydrogen (secondary N) is 1. The van der Waals surface area contributed by atoms with Gasteiger partial charge in [0.05, 0.1) is 11.5 Å². The molecule has 0 aliphatic carbocycles. The summed E-state index contributed by atoms with van der Waals surface area (Å²) in [5.41, 5.74) is 1.58. The number of thioether (sulfide) groups is 1. The normalized spacial score (nSPS) is 18.9. The van der Waals surface area contributed by atoms with Crippen molar-refractivity contribution in [2.45, 2.75) is 11.7 Å². The maximum absolute atomic E-state index is 12.1. The SMILES string of the molecule is O=C1N/C(=N\N=C/c2ccccc2Cl)S[C@H]1Cc1cc(Cl)ccc1Cl. The minimum atomic E-state index is -0.328.